The number of likely N-dealkylation sites (N-methyl/N-ethyl adjacent to an activating group) is 1. The average molecular weight is 514 g/mol. The molecular formula is C27H31N9O2. The summed E-state index contributed by atoms with van der Waals surface area (Å²) in [4.78, 5) is 32.0. The van der Waals surface area contributed by atoms with Gasteiger partial charge in [-0.2, -0.15) is 10.2 Å². The Morgan fingerprint density at radius 1 is 1.08 bits per heavy atom. The lowest BCUT2D eigenvalue weighted by Crippen LogP contribution is -2.44. The highest BCUT2D eigenvalue weighted by Gasteiger charge is 2.23. The molecule has 2 fully saturated rings. The number of hydrogen-bond donors (Lipinski definition) is 2. The van der Waals surface area contributed by atoms with E-state index in [0.717, 1.165) is 49.5 Å². The van der Waals surface area contributed by atoms with Gasteiger partial charge in [0.05, 0.1) is 12.8 Å². The number of ether oxygens (including phenoxy) is 1. The maximum Gasteiger partial charge on any atom is 0.229 e. The van der Waals surface area contributed by atoms with Gasteiger partial charge in [0.2, 0.25) is 11.9 Å². The van der Waals surface area contributed by atoms with Crippen LogP contribution in [0.5, 0.6) is 0 Å². The molecule has 0 saturated carbocycles. The Morgan fingerprint density at radius 2 is 1.92 bits per heavy atom. The standard InChI is InChI=1S/C27H31N9O2/c1-34-11-13-35(14-12-34)22-9-8-21(15-19(22)18-38-2)30-27-29-17-20(16-28)26(33-27)32-23-5-3-6-24(31-23)36-10-4-7-25(36)37/h3,5-6,8-9,15,17H,4,7,10-14,18H2,1-2H3,(H2,29,30,31,32,33). The van der Waals surface area contributed by atoms with Gasteiger partial charge < -0.3 is 25.2 Å². The SMILES string of the molecule is COCc1cc(Nc2ncc(C#N)c(Nc3cccc(N4CCCC4=O)n3)n2)ccc1N1CCN(C)CC1. The van der Waals surface area contributed by atoms with Crippen molar-refractivity contribution < 1.29 is 9.53 Å². The number of benzene rings is 1. The van der Waals surface area contributed by atoms with E-state index in [1.54, 1.807) is 24.1 Å². The monoisotopic (exact) mass is 513 g/mol. The molecule has 2 aromatic heterocycles. The number of piperazine rings is 1. The van der Waals surface area contributed by atoms with Crippen LogP contribution in [-0.2, 0) is 16.1 Å². The number of hydrogen-bond acceptors (Lipinski definition) is 10. The fourth-order valence-electron chi connectivity index (χ4n) is 4.69. The minimum absolute atomic E-state index is 0.0624. The number of anilines is 6. The van der Waals surface area contributed by atoms with Crippen molar-refractivity contribution in [3.63, 3.8) is 0 Å². The van der Waals surface area contributed by atoms with Crippen molar-refractivity contribution in [2.75, 3.05) is 67.3 Å². The molecular weight excluding hydrogens is 482 g/mol. The Kier molecular flexibility index (Phi) is 7.62. The third kappa shape index (κ3) is 5.66. The van der Waals surface area contributed by atoms with Gasteiger partial charge in [-0.05, 0) is 43.8 Å². The van der Waals surface area contributed by atoms with E-state index in [0.29, 0.717) is 43.0 Å². The second kappa shape index (κ2) is 11.4. The highest BCUT2D eigenvalue weighted by Crippen LogP contribution is 2.28. The third-order valence-corrected chi connectivity index (χ3v) is 6.72. The summed E-state index contributed by atoms with van der Waals surface area (Å²) >= 11 is 0. The number of rotatable bonds is 8. The molecule has 196 valence electrons. The van der Waals surface area contributed by atoms with Gasteiger partial charge in [-0.1, -0.05) is 6.07 Å². The molecule has 5 rings (SSSR count). The molecule has 3 aromatic rings. The Balaban J connectivity index is 1.36. The zero-order valence-corrected chi connectivity index (χ0v) is 21.6. The van der Waals surface area contributed by atoms with Crippen molar-refractivity contribution in [1.29, 1.82) is 5.26 Å². The Hall–Kier alpha value is -4.27. The largest absolute Gasteiger partial charge is 0.380 e. The molecule has 2 aliphatic rings. The molecule has 0 radical (unpaired) electrons. The van der Waals surface area contributed by atoms with Crippen LogP contribution in [0, 0.1) is 11.3 Å². The minimum Gasteiger partial charge on any atom is -0.380 e. The number of nitriles is 1. The fourth-order valence-corrected chi connectivity index (χ4v) is 4.69. The summed E-state index contributed by atoms with van der Waals surface area (Å²) in [6.07, 6.45) is 2.82. The van der Waals surface area contributed by atoms with Gasteiger partial charge in [0, 0.05) is 63.2 Å². The van der Waals surface area contributed by atoms with Crippen LogP contribution in [0.3, 0.4) is 0 Å². The first-order valence-electron chi connectivity index (χ1n) is 12.7. The number of pyridine rings is 1. The van der Waals surface area contributed by atoms with Crippen molar-refractivity contribution in [2.24, 2.45) is 0 Å². The van der Waals surface area contributed by atoms with Crippen molar-refractivity contribution >= 4 is 40.7 Å². The van der Waals surface area contributed by atoms with Gasteiger partial charge in [0.15, 0.2) is 5.82 Å². The van der Waals surface area contributed by atoms with Crippen LogP contribution < -0.4 is 20.4 Å². The summed E-state index contributed by atoms with van der Waals surface area (Å²) in [5.74, 6) is 1.80. The lowest BCUT2D eigenvalue weighted by molar-refractivity contribution is -0.117. The Morgan fingerprint density at radius 3 is 2.66 bits per heavy atom. The lowest BCUT2D eigenvalue weighted by atomic mass is 10.1. The van der Waals surface area contributed by atoms with Crippen molar-refractivity contribution in [1.82, 2.24) is 19.9 Å². The van der Waals surface area contributed by atoms with E-state index in [1.807, 2.05) is 18.2 Å². The molecule has 0 spiro atoms. The third-order valence-electron chi connectivity index (χ3n) is 6.72. The zero-order chi connectivity index (χ0) is 26.5. The van der Waals surface area contributed by atoms with Gasteiger partial charge >= 0.3 is 0 Å². The second-order valence-corrected chi connectivity index (χ2v) is 9.41. The number of nitrogens with one attached hydrogen (secondary N) is 2. The predicted molar refractivity (Wildman–Crippen MR) is 146 cm³/mol. The maximum atomic E-state index is 12.1. The molecule has 38 heavy (non-hydrogen) atoms. The summed E-state index contributed by atoms with van der Waals surface area (Å²) < 4.78 is 5.48. The first kappa shape index (κ1) is 25.4. The molecule has 1 amide bonds. The van der Waals surface area contributed by atoms with Crippen molar-refractivity contribution in [3.05, 3.63) is 53.7 Å². The maximum absolute atomic E-state index is 12.1. The van der Waals surface area contributed by atoms with E-state index < -0.39 is 0 Å². The average Bonchev–Trinajstić information content (AvgIpc) is 3.36. The van der Waals surface area contributed by atoms with Crippen molar-refractivity contribution in [3.8, 4) is 6.07 Å². The summed E-state index contributed by atoms with van der Waals surface area (Å²) in [5.41, 5.74) is 3.34. The van der Waals surface area contributed by atoms with E-state index in [4.69, 9.17) is 4.74 Å². The molecule has 11 nitrogen and oxygen atoms in total. The van der Waals surface area contributed by atoms with E-state index in [2.05, 4.69) is 54.6 Å². The minimum atomic E-state index is 0.0624. The topological polar surface area (TPSA) is 123 Å². The molecule has 0 bridgehead atoms. The molecule has 4 heterocycles. The van der Waals surface area contributed by atoms with Crippen LogP contribution in [0.1, 0.15) is 24.0 Å². The van der Waals surface area contributed by atoms with Crippen LogP contribution in [-0.4, -0.2) is 72.6 Å². The number of methoxy groups -OCH3 is 1. The number of carbonyl (C=O) groups is 1. The number of carbonyl (C=O) groups excluding carboxylic acids is 1. The van der Waals surface area contributed by atoms with Gasteiger partial charge in [-0.25, -0.2) is 9.97 Å². The summed E-state index contributed by atoms with van der Waals surface area (Å²) in [6.45, 7) is 5.11. The van der Waals surface area contributed by atoms with E-state index >= 15 is 0 Å². The second-order valence-electron chi connectivity index (χ2n) is 9.41. The van der Waals surface area contributed by atoms with Crippen LogP contribution in [0.2, 0.25) is 0 Å². The summed E-state index contributed by atoms with van der Waals surface area (Å²) in [5, 5.41) is 16.0. The van der Waals surface area contributed by atoms with E-state index in [9.17, 15) is 10.1 Å². The molecule has 2 N–H and O–H groups in total. The van der Waals surface area contributed by atoms with Gasteiger partial charge in [0.25, 0.3) is 0 Å². The molecule has 2 aliphatic heterocycles. The summed E-state index contributed by atoms with van der Waals surface area (Å²) in [7, 11) is 3.83. The number of amides is 1. The molecule has 0 atom stereocenters. The van der Waals surface area contributed by atoms with Crippen molar-refractivity contribution in [2.45, 2.75) is 19.4 Å². The van der Waals surface area contributed by atoms with Gasteiger partial charge in [0.1, 0.15) is 23.3 Å². The van der Waals surface area contributed by atoms with Crippen LogP contribution in [0.25, 0.3) is 0 Å². The first-order valence-corrected chi connectivity index (χ1v) is 12.7. The van der Waals surface area contributed by atoms with Gasteiger partial charge in [-0.15, -0.1) is 0 Å². The van der Waals surface area contributed by atoms with Crippen LogP contribution in [0.15, 0.2) is 42.6 Å². The molecule has 1 aromatic carbocycles. The fraction of sp³-hybridized carbons (Fsp3) is 0.370. The van der Waals surface area contributed by atoms with E-state index in [1.165, 1.54) is 6.20 Å². The Labute approximate surface area is 222 Å². The molecule has 2 saturated heterocycles. The van der Waals surface area contributed by atoms with Crippen LogP contribution >= 0.6 is 0 Å². The summed E-state index contributed by atoms with van der Waals surface area (Å²) in [6, 6.07) is 13.7. The zero-order valence-electron chi connectivity index (χ0n) is 21.6. The van der Waals surface area contributed by atoms with E-state index in [-0.39, 0.29) is 11.5 Å². The Bertz CT molecular complexity index is 1350. The van der Waals surface area contributed by atoms with Gasteiger partial charge in [-0.3, -0.25) is 9.69 Å². The molecule has 0 aliphatic carbocycles. The van der Waals surface area contributed by atoms with Crippen LogP contribution in [0.4, 0.5) is 34.8 Å². The highest BCUT2D eigenvalue weighted by atomic mass is 16.5. The smallest absolute Gasteiger partial charge is 0.229 e. The highest BCUT2D eigenvalue weighted by molar-refractivity contribution is 5.94. The normalized spacial score (nSPS) is 16.0. The number of nitrogens with zero attached hydrogens (tertiary/aromatic N) is 7. The first-order chi connectivity index (χ1) is 18.5. The molecule has 0 unspecified atom stereocenters. The number of aromatic nitrogens is 3. The molecule has 11 heteroatoms. The quantitative estimate of drug-likeness (QED) is 0.464. The lowest BCUT2D eigenvalue weighted by Gasteiger charge is -2.35. The predicted octanol–water partition coefficient (Wildman–Crippen LogP) is 3.26.